The second kappa shape index (κ2) is 4.52. The van der Waals surface area contributed by atoms with Gasteiger partial charge in [0.2, 0.25) is 0 Å². The lowest BCUT2D eigenvalue weighted by atomic mass is 10.3. The van der Waals surface area contributed by atoms with Crippen LogP contribution in [0.25, 0.3) is 0 Å². The molecule has 0 aromatic carbocycles. The number of halogens is 5. The van der Waals surface area contributed by atoms with Crippen LogP contribution in [0.3, 0.4) is 0 Å². The molecule has 0 atom stereocenters. The van der Waals surface area contributed by atoms with Crippen LogP contribution in [0.4, 0.5) is 27.6 Å². The summed E-state index contributed by atoms with van der Waals surface area (Å²) in [6.07, 6.45) is -6.05. The Bertz CT molecular complexity index is 481. The van der Waals surface area contributed by atoms with Gasteiger partial charge in [-0.2, -0.15) is 22.0 Å². The summed E-state index contributed by atoms with van der Waals surface area (Å²) < 4.78 is 60.7. The van der Waals surface area contributed by atoms with E-state index in [-0.39, 0.29) is 0 Å². The largest absolute Gasteiger partial charge is 0.477 e. The predicted molar refractivity (Wildman–Crippen MR) is 50.9 cm³/mol. The van der Waals surface area contributed by atoms with E-state index in [4.69, 9.17) is 5.11 Å². The first kappa shape index (κ1) is 14.4. The molecule has 1 rings (SSSR count). The van der Waals surface area contributed by atoms with Crippen LogP contribution in [0.15, 0.2) is 11.4 Å². The third-order valence-electron chi connectivity index (χ3n) is 1.75. The number of aromatic carboxylic acids is 1. The second-order valence-electron chi connectivity index (χ2n) is 2.99. The minimum absolute atomic E-state index is 0.540. The number of carbonyl (C=O) groups is 2. The topological polar surface area (TPSA) is 66.4 Å². The van der Waals surface area contributed by atoms with Crippen LogP contribution in [-0.4, -0.2) is 29.1 Å². The molecule has 2 N–H and O–H groups in total. The van der Waals surface area contributed by atoms with Gasteiger partial charge in [0.25, 0.3) is 0 Å². The maximum absolute atomic E-state index is 12.6. The quantitative estimate of drug-likeness (QED) is 0.840. The molecule has 0 saturated carbocycles. The first-order valence-electron chi connectivity index (χ1n) is 4.14. The highest BCUT2D eigenvalue weighted by atomic mass is 32.1. The van der Waals surface area contributed by atoms with Crippen molar-refractivity contribution in [1.29, 1.82) is 0 Å². The Morgan fingerprint density at radius 3 is 2.22 bits per heavy atom. The molecule has 18 heavy (non-hydrogen) atoms. The van der Waals surface area contributed by atoms with Gasteiger partial charge < -0.3 is 10.4 Å². The summed E-state index contributed by atoms with van der Waals surface area (Å²) in [7, 11) is 0. The van der Waals surface area contributed by atoms with E-state index in [0.29, 0.717) is 11.3 Å². The van der Waals surface area contributed by atoms with Crippen LogP contribution in [0, 0.1) is 0 Å². The standard InChI is InChI=1S/C8H4F5NO3S/c9-7(10,8(11,12)13)6(17)14-3-1-2-18-4(3)5(15)16/h1-2H,(H,14,17)(H,15,16). The molecular weight excluding hydrogens is 285 g/mol. The summed E-state index contributed by atoms with van der Waals surface area (Å²) in [5.41, 5.74) is -0.610. The van der Waals surface area contributed by atoms with Crippen molar-refractivity contribution >= 4 is 28.9 Å². The normalized spacial score (nSPS) is 12.3. The van der Waals surface area contributed by atoms with E-state index in [1.807, 2.05) is 0 Å². The molecule has 0 aliphatic heterocycles. The van der Waals surface area contributed by atoms with Gasteiger partial charge in [0.15, 0.2) is 0 Å². The zero-order valence-electron chi connectivity index (χ0n) is 8.22. The highest BCUT2D eigenvalue weighted by Crippen LogP contribution is 2.36. The van der Waals surface area contributed by atoms with Gasteiger partial charge in [0.05, 0.1) is 5.69 Å². The molecule has 1 heterocycles. The maximum atomic E-state index is 12.6. The van der Waals surface area contributed by atoms with Crippen LogP contribution in [0.2, 0.25) is 0 Å². The Morgan fingerprint density at radius 1 is 1.22 bits per heavy atom. The molecular formula is C8H4F5NO3S. The van der Waals surface area contributed by atoms with Crippen LogP contribution in [0.1, 0.15) is 9.67 Å². The number of hydrogen-bond donors (Lipinski definition) is 2. The van der Waals surface area contributed by atoms with Crippen LogP contribution >= 0.6 is 11.3 Å². The molecule has 0 unspecified atom stereocenters. The molecule has 0 radical (unpaired) electrons. The molecule has 0 spiro atoms. The number of rotatable bonds is 3. The third-order valence-corrected chi connectivity index (χ3v) is 2.65. The number of alkyl halides is 5. The van der Waals surface area contributed by atoms with E-state index < -0.39 is 34.5 Å². The van der Waals surface area contributed by atoms with Crippen molar-refractivity contribution < 1.29 is 36.6 Å². The molecule has 0 aliphatic rings. The molecule has 4 nitrogen and oxygen atoms in total. The number of carboxylic acid groups (broad SMARTS) is 1. The number of nitrogens with one attached hydrogen (secondary N) is 1. The number of hydrogen-bond acceptors (Lipinski definition) is 3. The van der Waals surface area contributed by atoms with E-state index in [1.165, 1.54) is 5.32 Å². The third kappa shape index (κ3) is 2.58. The summed E-state index contributed by atoms with van der Waals surface area (Å²) in [5, 5.41) is 10.9. The lowest BCUT2D eigenvalue weighted by Crippen LogP contribution is -2.47. The van der Waals surface area contributed by atoms with Gasteiger partial charge in [-0.05, 0) is 11.4 Å². The van der Waals surface area contributed by atoms with Crippen LogP contribution < -0.4 is 5.32 Å². The minimum atomic E-state index is -6.05. The van der Waals surface area contributed by atoms with Gasteiger partial charge in [-0.1, -0.05) is 0 Å². The zero-order valence-corrected chi connectivity index (χ0v) is 9.03. The van der Waals surface area contributed by atoms with E-state index in [0.717, 1.165) is 11.4 Å². The van der Waals surface area contributed by atoms with Gasteiger partial charge in [-0.3, -0.25) is 4.79 Å². The molecule has 1 amide bonds. The molecule has 0 fully saturated rings. The van der Waals surface area contributed by atoms with E-state index >= 15 is 0 Å². The van der Waals surface area contributed by atoms with Crippen molar-refractivity contribution in [2.75, 3.05) is 5.32 Å². The smallest absolute Gasteiger partial charge is 0.463 e. The van der Waals surface area contributed by atoms with Crippen LogP contribution in [-0.2, 0) is 4.79 Å². The maximum Gasteiger partial charge on any atom is 0.463 e. The summed E-state index contributed by atoms with van der Waals surface area (Å²) >= 11 is 0.577. The Morgan fingerprint density at radius 2 is 1.78 bits per heavy atom. The second-order valence-corrected chi connectivity index (χ2v) is 3.91. The zero-order chi connectivity index (χ0) is 14.1. The van der Waals surface area contributed by atoms with Gasteiger partial charge in [0.1, 0.15) is 4.88 Å². The lowest BCUT2D eigenvalue weighted by molar-refractivity contribution is -0.267. The van der Waals surface area contributed by atoms with E-state index in [1.54, 1.807) is 0 Å². The van der Waals surface area contributed by atoms with Crippen molar-refractivity contribution in [2.24, 2.45) is 0 Å². The first-order valence-corrected chi connectivity index (χ1v) is 5.02. The molecule has 0 bridgehead atoms. The first-order chi connectivity index (χ1) is 8.07. The Labute approximate surface area is 100 Å². The fourth-order valence-electron chi connectivity index (χ4n) is 0.903. The Kier molecular flexibility index (Phi) is 3.60. The molecule has 100 valence electrons. The van der Waals surface area contributed by atoms with Gasteiger partial charge in [0, 0.05) is 0 Å². The Hall–Kier alpha value is -1.71. The highest BCUT2D eigenvalue weighted by molar-refractivity contribution is 7.12. The molecule has 0 saturated heterocycles. The van der Waals surface area contributed by atoms with E-state index in [2.05, 4.69) is 0 Å². The number of carbonyl (C=O) groups excluding carboxylic acids is 1. The lowest BCUT2D eigenvalue weighted by Gasteiger charge is -2.18. The number of amides is 1. The molecule has 1 aromatic heterocycles. The van der Waals surface area contributed by atoms with Crippen molar-refractivity contribution in [3.05, 3.63) is 16.3 Å². The summed E-state index contributed by atoms with van der Waals surface area (Å²) in [5.74, 6) is -9.77. The summed E-state index contributed by atoms with van der Waals surface area (Å²) in [4.78, 5) is 20.8. The average molecular weight is 289 g/mol. The highest BCUT2D eigenvalue weighted by Gasteiger charge is 2.63. The predicted octanol–water partition coefficient (Wildman–Crippen LogP) is 2.58. The van der Waals surface area contributed by atoms with Crippen LogP contribution in [0.5, 0.6) is 0 Å². The number of thiophene rings is 1. The van der Waals surface area contributed by atoms with Crippen molar-refractivity contribution in [3.63, 3.8) is 0 Å². The summed E-state index contributed by atoms with van der Waals surface area (Å²) in [6.45, 7) is 0. The molecule has 1 aromatic rings. The number of anilines is 1. The Balaban J connectivity index is 2.95. The monoisotopic (exact) mass is 289 g/mol. The number of carboxylic acids is 1. The minimum Gasteiger partial charge on any atom is -0.477 e. The van der Waals surface area contributed by atoms with Crippen molar-refractivity contribution in [3.8, 4) is 0 Å². The van der Waals surface area contributed by atoms with Crippen molar-refractivity contribution in [2.45, 2.75) is 12.1 Å². The van der Waals surface area contributed by atoms with E-state index in [9.17, 15) is 31.5 Å². The molecule has 0 aliphatic carbocycles. The summed E-state index contributed by atoms with van der Waals surface area (Å²) in [6, 6.07) is 0.915. The fourth-order valence-corrected chi connectivity index (χ4v) is 1.59. The van der Waals surface area contributed by atoms with Crippen molar-refractivity contribution in [1.82, 2.24) is 0 Å². The average Bonchev–Trinajstić information content (AvgIpc) is 2.63. The van der Waals surface area contributed by atoms with Gasteiger partial charge in [-0.15, -0.1) is 11.3 Å². The van der Waals surface area contributed by atoms with Gasteiger partial charge in [-0.25, -0.2) is 4.79 Å². The fraction of sp³-hybridized carbons (Fsp3) is 0.250. The SMILES string of the molecule is O=C(O)c1sccc1NC(=O)C(F)(F)C(F)(F)F. The van der Waals surface area contributed by atoms with Gasteiger partial charge >= 0.3 is 24.0 Å². The molecule has 10 heteroatoms.